The molecule has 7 saturated heterocycles. The molecule has 7 aliphatic heterocycles. The van der Waals surface area contributed by atoms with Gasteiger partial charge in [0.1, 0.15) is 13.2 Å². The summed E-state index contributed by atoms with van der Waals surface area (Å²) in [5.74, 6) is -0.603. The molecule has 0 aliphatic carbocycles. The molecule has 28 nitrogen and oxygen atoms in total. The maximum atomic E-state index is 12.1. The van der Waals surface area contributed by atoms with E-state index in [4.69, 9.17) is 103 Å². The van der Waals surface area contributed by atoms with E-state index in [9.17, 15) is 89.5 Å². The van der Waals surface area contributed by atoms with E-state index < -0.39 is 79.6 Å². The molecule has 0 spiro atoms. The molecule has 9 heterocycles. The first-order valence-corrected chi connectivity index (χ1v) is 46.9. The van der Waals surface area contributed by atoms with Gasteiger partial charge in [0.25, 0.3) is 12.7 Å². The van der Waals surface area contributed by atoms with Crippen LogP contribution >= 0.6 is 147 Å². The van der Waals surface area contributed by atoms with Crippen LogP contribution in [0.2, 0.25) is 0 Å². The van der Waals surface area contributed by atoms with Crippen molar-refractivity contribution in [1.82, 2.24) is 66.4 Å². The van der Waals surface area contributed by atoms with Crippen LogP contribution in [0, 0.1) is 20.2 Å². The molecule has 0 bridgehead atoms. The Morgan fingerprint density at radius 1 is 0.538 bits per heavy atom. The number of halogens is 21. The molecule has 7 aliphatic rings. The van der Waals surface area contributed by atoms with Crippen LogP contribution in [0.5, 0.6) is 0 Å². The maximum absolute atomic E-state index is 12.1. The molecule has 55 heteroatoms. The van der Waals surface area contributed by atoms with Gasteiger partial charge < -0.3 is 39.2 Å². The van der Waals surface area contributed by atoms with Crippen LogP contribution in [-0.2, 0) is 23.5 Å². The second-order valence-corrected chi connectivity index (χ2v) is 49.0. The van der Waals surface area contributed by atoms with Gasteiger partial charge in [0.05, 0.1) is 36.4 Å². The standard InChI is InChI=1S/C18H15Cl2P.C14H25N7O2P.C10H19N7O2P.C6H8ClN2O5P.C3Cl6O3.2F6P/c19-21(20,16-10-4-1-5-11-16,17-12-6-2-7-13-17)18-14-8-3-9-15-18;22-21(23)14-15-13-20(16-14)24(17-7-1-2-8-17,18-9-3-4-10-18)19-11-5-6-12-19;1-13-7-8-14(2)20(13,15-5-3-4-6-15)16-9-11-10(12-16)17(18)19;7-15(12,8-1-3-13-5(8)10)9-2-4-14-6(9)11;4-2(5,6)11-1(10)12-3(7,8)9;2*1-7(2,3,4,5)6/h1-15H;13H,1-12H2;9H,3-8H2,1-2H3;1-4H2;;;/q;2*+1;;;2*-1. The molecular formula is C51H67Cl9F12N16O12P6. The van der Waals surface area contributed by atoms with E-state index in [1.165, 1.54) is 57.7 Å². The Hall–Kier alpha value is -3.54. The minimum Gasteiger partial charge on any atom is -0.447 e. The van der Waals surface area contributed by atoms with E-state index in [0.717, 1.165) is 90.7 Å². The number of aromatic nitrogens is 6. The summed E-state index contributed by atoms with van der Waals surface area (Å²) in [6.07, 6.45) is 9.68. The van der Waals surface area contributed by atoms with Crippen LogP contribution in [-0.4, -0.2) is 208 Å². The summed E-state index contributed by atoms with van der Waals surface area (Å²) in [6, 6.07) is 29.9. The largest absolute Gasteiger partial charge is 0.515 e. The van der Waals surface area contributed by atoms with Gasteiger partial charge in [0, 0.05) is 75.4 Å². The molecule has 0 atom stereocenters. The zero-order valence-electron chi connectivity index (χ0n) is 55.0. The van der Waals surface area contributed by atoms with Crippen molar-refractivity contribution in [3.05, 3.63) is 124 Å². The number of carbonyl (C=O) groups is 3. The maximum Gasteiger partial charge on any atom is 0.515 e. The van der Waals surface area contributed by atoms with E-state index in [2.05, 4.69) is 81.2 Å². The molecule has 0 unspecified atom stereocenters. The number of cyclic esters (lactones) is 2. The Bertz CT molecular complexity index is 3640. The zero-order valence-corrected chi connectivity index (χ0v) is 67.2. The Kier molecular flexibility index (Phi) is 29.3. The number of amides is 2. The van der Waals surface area contributed by atoms with E-state index >= 15 is 0 Å². The van der Waals surface area contributed by atoms with Gasteiger partial charge in [0.2, 0.25) is 0 Å². The number of rotatable bonds is 13. The molecule has 0 N–H and O–H groups in total. The van der Waals surface area contributed by atoms with Crippen molar-refractivity contribution in [2.45, 2.75) is 59.3 Å². The first kappa shape index (κ1) is 91.3. The number of alkyl halides is 6. The summed E-state index contributed by atoms with van der Waals surface area (Å²) < 4.78 is 163. The van der Waals surface area contributed by atoms with E-state index in [1.807, 2.05) is 95.4 Å². The van der Waals surface area contributed by atoms with Crippen molar-refractivity contribution in [1.29, 1.82) is 0 Å². The molecule has 0 radical (unpaired) electrons. The van der Waals surface area contributed by atoms with Crippen molar-refractivity contribution < 1.29 is 98.1 Å². The summed E-state index contributed by atoms with van der Waals surface area (Å²) in [5, 5.41) is 29.9. The zero-order chi connectivity index (χ0) is 79.5. The number of hydrogen-bond donors (Lipinski definition) is 0. The number of benzene rings is 3. The third-order valence-electron chi connectivity index (χ3n) is 15.4. The molecule has 0 saturated carbocycles. The quantitative estimate of drug-likeness (QED) is 0.0201. The molecule has 106 heavy (non-hydrogen) atoms. The first-order valence-electron chi connectivity index (χ1n) is 30.8. The number of ether oxygens (including phenoxy) is 4. The third kappa shape index (κ3) is 26.6. The monoisotopic (exact) mass is 1820 g/mol. The summed E-state index contributed by atoms with van der Waals surface area (Å²) in [7, 11) is -21.3. The van der Waals surface area contributed by atoms with Crippen molar-refractivity contribution in [2.24, 2.45) is 0 Å². The SMILES string of the molecule is CN1CCN(C)[P+]1(N1CCCC1)n1cnc([N+](=O)[O-])n1.ClP(Cl)(c1ccccc1)(c1ccccc1)c1ccccc1.F[P-](F)(F)(F)(F)F.F[P-](F)(F)(F)(F)F.O=C(OC(Cl)(Cl)Cl)OC(Cl)(Cl)Cl.O=C1OCCN1P(=O)(Cl)N1CCOC1=O.O=[N+]([O-])c1ncn([P+](N2CCCC2)(N2CCCC2)N2CCCC2)n1. The fourth-order valence-corrected chi connectivity index (χ4v) is 28.0. The van der Waals surface area contributed by atoms with Gasteiger partial charge in [0.15, 0.2) is 0 Å². The minimum absolute atomic E-state index is 0.114. The minimum atomic E-state index is -10.7. The van der Waals surface area contributed by atoms with Gasteiger partial charge in [-0.2, -0.15) is 0 Å². The van der Waals surface area contributed by atoms with Gasteiger partial charge in [-0.3, -0.25) is 4.57 Å². The normalized spacial score (nSPS) is 20.3. The molecule has 600 valence electrons. The van der Waals surface area contributed by atoms with Gasteiger partial charge in [-0.1, -0.05) is 0 Å². The summed E-state index contributed by atoms with van der Waals surface area (Å²) >= 11 is 50.5. The fourth-order valence-electron chi connectivity index (χ4n) is 11.5. The number of carbonyl (C=O) groups excluding carboxylic acids is 3. The van der Waals surface area contributed by atoms with Gasteiger partial charge in [-0.25, -0.2) is 23.7 Å². The van der Waals surface area contributed by atoms with Crippen molar-refractivity contribution in [3.63, 3.8) is 0 Å². The fraction of sp³-hybridized carbons (Fsp3) is 0.510. The van der Waals surface area contributed by atoms with Crippen LogP contribution in [0.3, 0.4) is 0 Å². The molecule has 12 rings (SSSR count). The van der Waals surface area contributed by atoms with Crippen LogP contribution in [0.25, 0.3) is 0 Å². The Labute approximate surface area is 642 Å². The topological polar surface area (TPSA) is 279 Å². The Morgan fingerprint density at radius 3 is 1.11 bits per heavy atom. The summed E-state index contributed by atoms with van der Waals surface area (Å²) in [4.78, 5) is 61.7. The predicted octanol–water partition coefficient (Wildman–Crippen LogP) is 19.3. The Morgan fingerprint density at radius 2 is 0.840 bits per heavy atom. The van der Waals surface area contributed by atoms with Gasteiger partial charge in [-0.15, -0.1) is 28.0 Å². The van der Waals surface area contributed by atoms with Crippen LogP contribution < -0.4 is 15.9 Å². The predicted molar refractivity (Wildman–Crippen MR) is 388 cm³/mol. The average Bonchev–Trinajstić information content (AvgIpc) is 1.01. The van der Waals surface area contributed by atoms with Crippen molar-refractivity contribution >= 4 is 193 Å². The molecule has 5 aromatic rings. The molecule has 2 aromatic heterocycles. The van der Waals surface area contributed by atoms with Crippen LogP contribution in [0.1, 0.15) is 51.4 Å². The number of nitrogens with zero attached hydrogens (tertiary/aromatic N) is 16. The number of nitro groups is 2. The van der Waals surface area contributed by atoms with Gasteiger partial charge in [-0.05, 0) is 152 Å². The molecular weight excluding hydrogens is 1760 g/mol. The molecule has 3 aromatic carbocycles. The Balaban J connectivity index is 0.000000201. The van der Waals surface area contributed by atoms with Crippen LogP contribution in [0.4, 0.5) is 76.6 Å². The number of hydrogen-bond acceptors (Lipinski definition) is 22. The van der Waals surface area contributed by atoms with Crippen molar-refractivity contribution in [3.8, 4) is 0 Å². The van der Waals surface area contributed by atoms with Crippen LogP contribution in [0.15, 0.2) is 104 Å². The second kappa shape index (κ2) is 34.0. The molecule has 7 fully saturated rings. The summed E-state index contributed by atoms with van der Waals surface area (Å²) in [5.41, 5.74) is 0. The number of likely N-dealkylation sites (N-methyl/N-ethyl adjacent to an activating group) is 2. The average molecular weight is 1830 g/mol. The third-order valence-corrected chi connectivity index (χ3v) is 34.4. The summed E-state index contributed by atoms with van der Waals surface area (Å²) in [6.45, 7) is 6.96. The van der Waals surface area contributed by atoms with E-state index in [0.29, 0.717) is 0 Å². The van der Waals surface area contributed by atoms with E-state index in [-0.39, 0.29) is 38.2 Å². The van der Waals surface area contributed by atoms with Gasteiger partial charge >= 0.3 is 261 Å². The smallest absolute Gasteiger partial charge is 0.447 e. The second-order valence-electron chi connectivity index (χ2n) is 23.0. The molecule has 2 amide bonds. The van der Waals surface area contributed by atoms with Crippen molar-refractivity contribution in [2.75, 3.05) is 106 Å². The first-order chi connectivity index (χ1) is 48.4. The van der Waals surface area contributed by atoms with E-state index in [1.54, 1.807) is 10.8 Å².